The highest BCUT2D eigenvalue weighted by atomic mass is 79.9. The smallest absolute Gasteiger partial charge is 0.140 e. The summed E-state index contributed by atoms with van der Waals surface area (Å²) in [7, 11) is 0. The molecule has 0 spiro atoms. The molecule has 4 nitrogen and oxygen atoms in total. The molecule has 0 aliphatic carbocycles. The molecule has 0 saturated heterocycles. The standard InChI is InChI=1S/C15H14BrN3O/c1-10(18)14-7-12(16)2-3-15(14)20-9-11-4-5-19-13(6-11)8-17/h2-7,10H,9,18H2,1H3/t10-/m1/s1. The third-order valence-corrected chi connectivity index (χ3v) is 3.29. The lowest BCUT2D eigenvalue weighted by Crippen LogP contribution is -2.08. The highest BCUT2D eigenvalue weighted by molar-refractivity contribution is 9.10. The van der Waals surface area contributed by atoms with Crippen LogP contribution in [0.15, 0.2) is 41.0 Å². The fourth-order valence-electron chi connectivity index (χ4n) is 1.79. The van der Waals surface area contributed by atoms with E-state index in [1.165, 1.54) is 0 Å². The normalized spacial score (nSPS) is 11.7. The Hall–Kier alpha value is -1.90. The number of nitriles is 1. The second-order valence-corrected chi connectivity index (χ2v) is 5.34. The van der Waals surface area contributed by atoms with E-state index in [-0.39, 0.29) is 6.04 Å². The predicted octanol–water partition coefficient (Wildman–Crippen LogP) is 3.31. The lowest BCUT2D eigenvalue weighted by molar-refractivity contribution is 0.301. The van der Waals surface area contributed by atoms with Crippen molar-refractivity contribution in [1.82, 2.24) is 4.98 Å². The van der Waals surface area contributed by atoms with E-state index in [1.54, 1.807) is 12.3 Å². The number of nitrogens with zero attached hydrogens (tertiary/aromatic N) is 2. The van der Waals surface area contributed by atoms with Crippen molar-refractivity contribution in [2.45, 2.75) is 19.6 Å². The zero-order chi connectivity index (χ0) is 14.5. The maximum absolute atomic E-state index is 8.82. The molecule has 2 N–H and O–H groups in total. The van der Waals surface area contributed by atoms with Crippen LogP contribution in [0.2, 0.25) is 0 Å². The predicted molar refractivity (Wildman–Crippen MR) is 80.0 cm³/mol. The number of nitrogens with two attached hydrogens (primary N) is 1. The summed E-state index contributed by atoms with van der Waals surface area (Å²) in [6.45, 7) is 2.29. The van der Waals surface area contributed by atoms with Crippen molar-refractivity contribution < 1.29 is 4.74 Å². The summed E-state index contributed by atoms with van der Waals surface area (Å²) >= 11 is 3.42. The van der Waals surface area contributed by atoms with Crippen LogP contribution in [0.1, 0.15) is 29.8 Å². The third-order valence-electron chi connectivity index (χ3n) is 2.80. The Morgan fingerprint density at radius 2 is 2.20 bits per heavy atom. The molecule has 2 rings (SSSR count). The van der Waals surface area contributed by atoms with Gasteiger partial charge >= 0.3 is 0 Å². The van der Waals surface area contributed by atoms with Gasteiger partial charge in [-0.3, -0.25) is 0 Å². The van der Waals surface area contributed by atoms with Crippen LogP contribution >= 0.6 is 15.9 Å². The summed E-state index contributed by atoms with van der Waals surface area (Å²) in [5, 5.41) is 8.82. The van der Waals surface area contributed by atoms with Crippen LogP contribution in [0.5, 0.6) is 5.75 Å². The van der Waals surface area contributed by atoms with Gasteiger partial charge < -0.3 is 10.5 Å². The molecule has 1 aromatic carbocycles. The van der Waals surface area contributed by atoms with Crippen molar-refractivity contribution in [3.05, 3.63) is 57.8 Å². The second-order valence-electron chi connectivity index (χ2n) is 4.42. The topological polar surface area (TPSA) is 71.9 Å². The summed E-state index contributed by atoms with van der Waals surface area (Å²) < 4.78 is 6.77. The monoisotopic (exact) mass is 331 g/mol. The molecule has 2 aromatic rings. The van der Waals surface area contributed by atoms with Crippen LogP contribution in [0.25, 0.3) is 0 Å². The Morgan fingerprint density at radius 3 is 2.90 bits per heavy atom. The van der Waals surface area contributed by atoms with Gasteiger partial charge in [-0.05, 0) is 42.8 Å². The average molecular weight is 332 g/mol. The molecule has 0 aliphatic rings. The summed E-state index contributed by atoms with van der Waals surface area (Å²) in [6, 6.07) is 11.2. The minimum atomic E-state index is -0.116. The van der Waals surface area contributed by atoms with Gasteiger partial charge in [-0.2, -0.15) is 5.26 Å². The number of halogens is 1. The van der Waals surface area contributed by atoms with E-state index in [4.69, 9.17) is 15.7 Å². The molecule has 0 aliphatic heterocycles. The van der Waals surface area contributed by atoms with Crippen molar-refractivity contribution in [3.63, 3.8) is 0 Å². The van der Waals surface area contributed by atoms with E-state index in [9.17, 15) is 0 Å². The largest absolute Gasteiger partial charge is 0.489 e. The Kier molecular flexibility index (Phi) is 4.72. The Labute approximate surface area is 126 Å². The molecule has 0 amide bonds. The molecule has 5 heteroatoms. The fourth-order valence-corrected chi connectivity index (χ4v) is 2.17. The number of pyridine rings is 1. The molecule has 0 unspecified atom stereocenters. The first-order valence-electron chi connectivity index (χ1n) is 6.13. The average Bonchev–Trinajstić information content (AvgIpc) is 2.46. The number of ether oxygens (including phenoxy) is 1. The highest BCUT2D eigenvalue weighted by Gasteiger charge is 2.09. The zero-order valence-corrected chi connectivity index (χ0v) is 12.6. The number of aromatic nitrogens is 1. The van der Waals surface area contributed by atoms with E-state index in [2.05, 4.69) is 20.9 Å². The van der Waals surface area contributed by atoms with E-state index < -0.39 is 0 Å². The summed E-state index contributed by atoms with van der Waals surface area (Å²) in [4.78, 5) is 3.93. The van der Waals surface area contributed by atoms with E-state index in [0.29, 0.717) is 12.3 Å². The molecule has 0 fully saturated rings. The van der Waals surface area contributed by atoms with Crippen molar-refractivity contribution in [1.29, 1.82) is 5.26 Å². The maximum atomic E-state index is 8.82. The van der Waals surface area contributed by atoms with Gasteiger partial charge in [0.2, 0.25) is 0 Å². The van der Waals surface area contributed by atoms with Crippen LogP contribution < -0.4 is 10.5 Å². The number of rotatable bonds is 4. The lowest BCUT2D eigenvalue weighted by Gasteiger charge is -2.14. The second kappa shape index (κ2) is 6.51. The van der Waals surface area contributed by atoms with E-state index in [1.807, 2.05) is 37.3 Å². The van der Waals surface area contributed by atoms with Crippen LogP contribution in [0, 0.1) is 11.3 Å². The molecule has 0 bridgehead atoms. The summed E-state index contributed by atoms with van der Waals surface area (Å²) in [5.41, 5.74) is 8.16. The van der Waals surface area contributed by atoms with Gasteiger partial charge in [0.1, 0.15) is 24.1 Å². The van der Waals surface area contributed by atoms with Crippen molar-refractivity contribution >= 4 is 15.9 Å². The molecule has 1 atom stereocenters. The molecule has 20 heavy (non-hydrogen) atoms. The van der Waals surface area contributed by atoms with Crippen molar-refractivity contribution in [2.75, 3.05) is 0 Å². The molecule has 0 radical (unpaired) electrons. The molecule has 1 heterocycles. The quantitative estimate of drug-likeness (QED) is 0.932. The SMILES string of the molecule is C[C@@H](N)c1cc(Br)ccc1OCc1ccnc(C#N)c1. The number of benzene rings is 1. The van der Waals surface area contributed by atoms with Crippen LogP contribution in [-0.2, 0) is 6.61 Å². The van der Waals surface area contributed by atoms with Crippen LogP contribution in [0.4, 0.5) is 0 Å². The fraction of sp³-hybridized carbons (Fsp3) is 0.200. The first-order valence-corrected chi connectivity index (χ1v) is 6.92. The Balaban J connectivity index is 2.16. The number of hydrogen-bond donors (Lipinski definition) is 1. The molecule has 102 valence electrons. The summed E-state index contributed by atoms with van der Waals surface area (Å²) in [6.07, 6.45) is 1.60. The van der Waals surface area contributed by atoms with Gasteiger partial charge in [-0.15, -0.1) is 0 Å². The van der Waals surface area contributed by atoms with E-state index >= 15 is 0 Å². The Bertz CT molecular complexity index is 650. The van der Waals surface area contributed by atoms with Crippen LogP contribution in [-0.4, -0.2) is 4.98 Å². The first kappa shape index (κ1) is 14.5. The highest BCUT2D eigenvalue weighted by Crippen LogP contribution is 2.28. The zero-order valence-electron chi connectivity index (χ0n) is 11.0. The van der Waals surface area contributed by atoms with Gasteiger partial charge in [0.15, 0.2) is 0 Å². The molecular weight excluding hydrogens is 318 g/mol. The van der Waals surface area contributed by atoms with E-state index in [0.717, 1.165) is 21.3 Å². The first-order chi connectivity index (χ1) is 9.60. The maximum Gasteiger partial charge on any atom is 0.140 e. The van der Waals surface area contributed by atoms with Crippen LogP contribution in [0.3, 0.4) is 0 Å². The van der Waals surface area contributed by atoms with Gasteiger partial charge in [0.25, 0.3) is 0 Å². The van der Waals surface area contributed by atoms with Crippen molar-refractivity contribution in [3.8, 4) is 11.8 Å². The minimum Gasteiger partial charge on any atom is -0.489 e. The number of hydrogen-bond acceptors (Lipinski definition) is 4. The molecular formula is C15H14BrN3O. The van der Waals surface area contributed by atoms with Gasteiger partial charge in [0, 0.05) is 22.3 Å². The third kappa shape index (κ3) is 3.56. The molecule has 1 aromatic heterocycles. The molecule has 0 saturated carbocycles. The van der Waals surface area contributed by atoms with Gasteiger partial charge in [-0.1, -0.05) is 15.9 Å². The van der Waals surface area contributed by atoms with Gasteiger partial charge in [0.05, 0.1) is 0 Å². The lowest BCUT2D eigenvalue weighted by atomic mass is 10.1. The minimum absolute atomic E-state index is 0.116. The Morgan fingerprint density at radius 1 is 1.40 bits per heavy atom. The van der Waals surface area contributed by atoms with Gasteiger partial charge in [-0.25, -0.2) is 4.98 Å². The van der Waals surface area contributed by atoms with Crippen molar-refractivity contribution in [2.24, 2.45) is 5.73 Å². The summed E-state index contributed by atoms with van der Waals surface area (Å²) in [5.74, 6) is 0.749.